The summed E-state index contributed by atoms with van der Waals surface area (Å²) in [6.45, 7) is 4.21. The molecule has 1 aliphatic heterocycles. The Morgan fingerprint density at radius 3 is 2.52 bits per heavy atom. The molecule has 3 atom stereocenters. The third-order valence-corrected chi connectivity index (χ3v) is 6.70. The first-order valence-electron chi connectivity index (χ1n) is 11.3. The van der Waals surface area contributed by atoms with Gasteiger partial charge in [-0.1, -0.05) is 43.2 Å². The third kappa shape index (κ3) is 5.64. The molecule has 0 radical (unpaired) electrons. The number of likely N-dealkylation sites (tertiary alicyclic amines) is 1. The van der Waals surface area contributed by atoms with Crippen LogP contribution in [0.3, 0.4) is 0 Å². The molecule has 1 heterocycles. The van der Waals surface area contributed by atoms with Crippen LogP contribution in [0.2, 0.25) is 0 Å². The molecule has 3 unspecified atom stereocenters. The van der Waals surface area contributed by atoms with Gasteiger partial charge in [-0.2, -0.15) is 0 Å². The SMILES string of the molecule is CCOC(=O)C(CCc1ccccc1)NC(C)C(=O)N1CC2(CCCC2)CC1C(=O)O. The standard InChI is InChI=1S/C24H34N2O5/c1-3-31-23(30)19(12-11-18-9-5-4-6-10-18)25-17(2)21(27)26-16-24(13-7-8-14-24)15-20(26)22(28)29/h4-6,9-10,17,19-20,25H,3,7-8,11-16H2,1-2H3,(H,28,29). The Kier molecular flexibility index (Phi) is 7.70. The highest BCUT2D eigenvalue weighted by molar-refractivity contribution is 5.88. The highest BCUT2D eigenvalue weighted by Crippen LogP contribution is 2.47. The number of nitrogens with one attached hydrogen (secondary N) is 1. The van der Waals surface area contributed by atoms with E-state index in [2.05, 4.69) is 5.32 Å². The molecule has 31 heavy (non-hydrogen) atoms. The van der Waals surface area contributed by atoms with E-state index in [1.165, 1.54) is 4.90 Å². The molecule has 1 aromatic carbocycles. The number of nitrogens with zero attached hydrogens (tertiary/aromatic N) is 1. The summed E-state index contributed by atoms with van der Waals surface area (Å²) in [4.78, 5) is 39.1. The van der Waals surface area contributed by atoms with Crippen LogP contribution < -0.4 is 5.32 Å². The number of rotatable bonds is 9. The van der Waals surface area contributed by atoms with E-state index in [0.717, 1.165) is 31.2 Å². The van der Waals surface area contributed by atoms with Crippen LogP contribution in [0.15, 0.2) is 30.3 Å². The lowest BCUT2D eigenvalue weighted by Gasteiger charge is -2.29. The Morgan fingerprint density at radius 1 is 1.23 bits per heavy atom. The van der Waals surface area contributed by atoms with Gasteiger partial charge in [-0.25, -0.2) is 4.79 Å². The van der Waals surface area contributed by atoms with Gasteiger partial charge in [0, 0.05) is 6.54 Å². The van der Waals surface area contributed by atoms with Crippen molar-refractivity contribution >= 4 is 17.8 Å². The molecule has 7 heteroatoms. The Morgan fingerprint density at radius 2 is 1.90 bits per heavy atom. The Balaban J connectivity index is 1.67. The fraction of sp³-hybridized carbons (Fsp3) is 0.625. The van der Waals surface area contributed by atoms with Crippen molar-refractivity contribution in [1.82, 2.24) is 10.2 Å². The van der Waals surface area contributed by atoms with Gasteiger partial charge in [-0.15, -0.1) is 0 Å². The lowest BCUT2D eigenvalue weighted by Crippen LogP contribution is -2.53. The minimum atomic E-state index is -0.949. The fourth-order valence-electron chi connectivity index (χ4n) is 5.09. The number of ether oxygens (including phenoxy) is 1. The maximum absolute atomic E-state index is 13.2. The van der Waals surface area contributed by atoms with E-state index in [0.29, 0.717) is 25.8 Å². The smallest absolute Gasteiger partial charge is 0.326 e. The van der Waals surface area contributed by atoms with E-state index in [4.69, 9.17) is 4.74 Å². The van der Waals surface area contributed by atoms with Gasteiger partial charge in [-0.3, -0.25) is 14.9 Å². The molecule has 2 N–H and O–H groups in total. The molecule has 0 bridgehead atoms. The molecule has 170 valence electrons. The number of benzene rings is 1. The molecule has 1 spiro atoms. The van der Waals surface area contributed by atoms with E-state index in [1.54, 1.807) is 13.8 Å². The summed E-state index contributed by atoms with van der Waals surface area (Å²) in [5.41, 5.74) is 1.04. The highest BCUT2D eigenvalue weighted by Gasteiger charge is 2.50. The second-order valence-corrected chi connectivity index (χ2v) is 8.95. The van der Waals surface area contributed by atoms with Crippen LogP contribution in [-0.2, 0) is 25.5 Å². The largest absolute Gasteiger partial charge is 0.480 e. The van der Waals surface area contributed by atoms with Crippen LogP contribution >= 0.6 is 0 Å². The minimum absolute atomic E-state index is 0.0632. The van der Waals surface area contributed by atoms with E-state index >= 15 is 0 Å². The molecule has 1 aliphatic carbocycles. The summed E-state index contributed by atoms with van der Waals surface area (Å²) in [6, 6.07) is 7.74. The zero-order valence-corrected chi connectivity index (χ0v) is 18.5. The zero-order chi connectivity index (χ0) is 22.4. The molecule has 2 aliphatic rings. The molecule has 1 amide bonds. The van der Waals surface area contributed by atoms with E-state index in [9.17, 15) is 19.5 Å². The van der Waals surface area contributed by atoms with Crippen LogP contribution in [0.5, 0.6) is 0 Å². The first kappa shape index (κ1) is 23.3. The van der Waals surface area contributed by atoms with Gasteiger partial charge in [0.25, 0.3) is 0 Å². The van der Waals surface area contributed by atoms with Crippen molar-refractivity contribution < 1.29 is 24.2 Å². The minimum Gasteiger partial charge on any atom is -0.480 e. The number of hydrogen-bond donors (Lipinski definition) is 2. The monoisotopic (exact) mass is 430 g/mol. The molecular formula is C24H34N2O5. The highest BCUT2D eigenvalue weighted by atomic mass is 16.5. The summed E-state index contributed by atoms with van der Waals surface area (Å²) in [7, 11) is 0. The Hall–Kier alpha value is -2.41. The molecule has 7 nitrogen and oxygen atoms in total. The second kappa shape index (κ2) is 10.3. The number of carbonyl (C=O) groups is 3. The van der Waals surface area contributed by atoms with Crippen molar-refractivity contribution in [3.8, 4) is 0 Å². The van der Waals surface area contributed by atoms with Crippen molar-refractivity contribution in [2.75, 3.05) is 13.2 Å². The molecule has 1 saturated carbocycles. The first-order valence-corrected chi connectivity index (χ1v) is 11.3. The molecule has 1 aromatic rings. The van der Waals surface area contributed by atoms with Crippen molar-refractivity contribution in [3.63, 3.8) is 0 Å². The van der Waals surface area contributed by atoms with Gasteiger partial charge in [0.1, 0.15) is 12.1 Å². The second-order valence-electron chi connectivity index (χ2n) is 8.95. The van der Waals surface area contributed by atoms with Gasteiger partial charge in [-0.05, 0) is 56.9 Å². The summed E-state index contributed by atoms with van der Waals surface area (Å²) >= 11 is 0. The summed E-state index contributed by atoms with van der Waals surface area (Å²) < 4.78 is 5.21. The Labute approximate surface area is 184 Å². The molecule has 2 fully saturated rings. The average Bonchev–Trinajstić information content (AvgIpc) is 3.38. The first-order chi connectivity index (χ1) is 14.8. The van der Waals surface area contributed by atoms with Gasteiger partial charge >= 0.3 is 11.9 Å². The van der Waals surface area contributed by atoms with Crippen LogP contribution in [0.4, 0.5) is 0 Å². The molecule has 0 aromatic heterocycles. The third-order valence-electron chi connectivity index (χ3n) is 6.70. The predicted octanol–water partition coefficient (Wildman–Crippen LogP) is 2.77. The lowest BCUT2D eigenvalue weighted by molar-refractivity contribution is -0.150. The lowest BCUT2D eigenvalue weighted by atomic mass is 9.84. The fourth-order valence-corrected chi connectivity index (χ4v) is 5.09. The number of esters is 1. The summed E-state index contributed by atoms with van der Waals surface area (Å²) in [5.74, 6) is -1.60. The number of aryl methyl sites for hydroxylation is 1. The summed E-state index contributed by atoms with van der Waals surface area (Å²) in [5, 5.41) is 12.8. The number of aliphatic carboxylic acids is 1. The molecular weight excluding hydrogens is 396 g/mol. The number of carbonyl (C=O) groups excluding carboxylic acids is 2. The zero-order valence-electron chi connectivity index (χ0n) is 18.5. The topological polar surface area (TPSA) is 95.9 Å². The van der Waals surface area contributed by atoms with Gasteiger partial charge in [0.2, 0.25) is 5.91 Å². The number of amides is 1. The van der Waals surface area contributed by atoms with E-state index < -0.39 is 24.1 Å². The maximum Gasteiger partial charge on any atom is 0.326 e. The van der Waals surface area contributed by atoms with Crippen molar-refractivity contribution in [2.24, 2.45) is 5.41 Å². The molecule has 1 saturated heterocycles. The predicted molar refractivity (Wildman–Crippen MR) is 116 cm³/mol. The van der Waals surface area contributed by atoms with Crippen LogP contribution in [0.25, 0.3) is 0 Å². The van der Waals surface area contributed by atoms with Crippen molar-refractivity contribution in [3.05, 3.63) is 35.9 Å². The van der Waals surface area contributed by atoms with E-state index in [1.807, 2.05) is 30.3 Å². The normalized spacial score (nSPS) is 21.7. The number of carboxylic acid groups (broad SMARTS) is 1. The van der Waals surface area contributed by atoms with Gasteiger partial charge in [0.15, 0.2) is 0 Å². The molecule has 3 rings (SSSR count). The van der Waals surface area contributed by atoms with Crippen molar-refractivity contribution in [1.29, 1.82) is 0 Å². The van der Waals surface area contributed by atoms with Crippen molar-refractivity contribution in [2.45, 2.75) is 76.9 Å². The van der Waals surface area contributed by atoms with Gasteiger partial charge < -0.3 is 14.7 Å². The summed E-state index contributed by atoms with van der Waals surface area (Å²) in [6.07, 6.45) is 5.82. The maximum atomic E-state index is 13.2. The van der Waals surface area contributed by atoms with Crippen LogP contribution in [0, 0.1) is 5.41 Å². The van der Waals surface area contributed by atoms with Gasteiger partial charge in [0.05, 0.1) is 12.6 Å². The average molecular weight is 431 g/mol. The van der Waals surface area contributed by atoms with Crippen LogP contribution in [-0.4, -0.2) is 59.1 Å². The number of hydrogen-bond acceptors (Lipinski definition) is 5. The van der Waals surface area contributed by atoms with E-state index in [-0.39, 0.29) is 23.9 Å². The quantitative estimate of drug-likeness (QED) is 0.585. The number of carboxylic acids is 1. The van der Waals surface area contributed by atoms with Crippen LogP contribution in [0.1, 0.15) is 57.9 Å². The Bertz CT molecular complexity index is 775.